The van der Waals surface area contributed by atoms with E-state index in [-0.39, 0.29) is 5.54 Å². The summed E-state index contributed by atoms with van der Waals surface area (Å²) in [6, 6.07) is 5.52. The van der Waals surface area contributed by atoms with Gasteiger partial charge in [-0.2, -0.15) is 4.31 Å². The van der Waals surface area contributed by atoms with E-state index in [0.717, 1.165) is 24.0 Å². The highest BCUT2D eigenvalue weighted by Crippen LogP contribution is 2.27. The highest BCUT2D eigenvalue weighted by atomic mass is 32.2. The topological polar surface area (TPSA) is 49.4 Å². The average molecular weight is 296 g/mol. The average Bonchev–Trinajstić information content (AvgIpc) is 2.39. The lowest BCUT2D eigenvalue weighted by molar-refractivity contribution is 0.219. The van der Waals surface area contributed by atoms with Crippen LogP contribution in [0.1, 0.15) is 30.9 Å². The van der Waals surface area contributed by atoms with Crippen LogP contribution in [-0.2, 0) is 10.0 Å². The number of sulfonamides is 1. The zero-order chi connectivity index (χ0) is 15.0. The minimum Gasteiger partial charge on any atom is -0.314 e. The molecular weight excluding hydrogens is 272 g/mol. The van der Waals surface area contributed by atoms with Crippen LogP contribution in [0.15, 0.2) is 23.1 Å². The maximum Gasteiger partial charge on any atom is 0.243 e. The molecule has 1 heterocycles. The predicted molar refractivity (Wildman–Crippen MR) is 81.4 cm³/mol. The minimum absolute atomic E-state index is 0.0499. The molecule has 5 heteroatoms. The smallest absolute Gasteiger partial charge is 0.243 e. The molecule has 0 unspecified atom stereocenters. The fourth-order valence-electron chi connectivity index (χ4n) is 2.70. The molecule has 0 radical (unpaired) electrons. The summed E-state index contributed by atoms with van der Waals surface area (Å²) in [5.74, 6) is 0. The first kappa shape index (κ1) is 15.5. The van der Waals surface area contributed by atoms with E-state index in [4.69, 9.17) is 0 Å². The highest BCUT2D eigenvalue weighted by molar-refractivity contribution is 7.89. The Hall–Kier alpha value is -0.910. The molecule has 0 saturated carbocycles. The number of hydrogen-bond acceptors (Lipinski definition) is 3. The summed E-state index contributed by atoms with van der Waals surface area (Å²) >= 11 is 0. The Balaban J connectivity index is 2.24. The van der Waals surface area contributed by atoms with Crippen molar-refractivity contribution in [2.24, 2.45) is 0 Å². The summed E-state index contributed by atoms with van der Waals surface area (Å²) in [6.07, 6.45) is 1.68. The monoisotopic (exact) mass is 296 g/mol. The second kappa shape index (κ2) is 5.47. The largest absolute Gasteiger partial charge is 0.314 e. The quantitative estimate of drug-likeness (QED) is 0.929. The zero-order valence-electron chi connectivity index (χ0n) is 12.7. The molecule has 1 aliphatic heterocycles. The molecule has 0 aliphatic carbocycles. The van der Waals surface area contributed by atoms with Gasteiger partial charge in [-0.15, -0.1) is 0 Å². The van der Waals surface area contributed by atoms with Crippen molar-refractivity contribution >= 4 is 10.0 Å². The molecule has 0 aromatic heterocycles. The van der Waals surface area contributed by atoms with Crippen LogP contribution in [0.5, 0.6) is 0 Å². The van der Waals surface area contributed by atoms with Gasteiger partial charge in [-0.3, -0.25) is 0 Å². The molecule has 112 valence electrons. The van der Waals surface area contributed by atoms with Crippen LogP contribution in [0.2, 0.25) is 0 Å². The van der Waals surface area contributed by atoms with Crippen LogP contribution < -0.4 is 5.32 Å². The van der Waals surface area contributed by atoms with Crippen LogP contribution in [0.4, 0.5) is 0 Å². The summed E-state index contributed by atoms with van der Waals surface area (Å²) in [6.45, 7) is 7.14. The molecule has 1 aromatic carbocycles. The highest BCUT2D eigenvalue weighted by Gasteiger charge is 2.34. The van der Waals surface area contributed by atoms with Gasteiger partial charge in [0.05, 0.1) is 4.90 Å². The van der Waals surface area contributed by atoms with E-state index >= 15 is 0 Å². The van der Waals surface area contributed by atoms with Crippen molar-refractivity contribution in [1.29, 1.82) is 0 Å². The van der Waals surface area contributed by atoms with Gasteiger partial charge < -0.3 is 5.32 Å². The molecule has 20 heavy (non-hydrogen) atoms. The number of aryl methyl sites for hydroxylation is 2. The molecule has 0 spiro atoms. The maximum absolute atomic E-state index is 12.7. The minimum atomic E-state index is -3.36. The van der Waals surface area contributed by atoms with E-state index in [1.807, 2.05) is 33.0 Å². The normalized spacial score (nSPS) is 20.0. The SMILES string of the molecule is CNC1(C)CCN(S(=O)(=O)c2ccc(C)cc2C)CC1. The van der Waals surface area contributed by atoms with Crippen molar-refractivity contribution in [1.82, 2.24) is 9.62 Å². The third-order valence-electron chi connectivity index (χ3n) is 4.38. The van der Waals surface area contributed by atoms with Crippen LogP contribution in [0.3, 0.4) is 0 Å². The molecule has 0 amide bonds. The number of nitrogens with zero attached hydrogens (tertiary/aromatic N) is 1. The third kappa shape index (κ3) is 2.90. The van der Waals surface area contributed by atoms with Crippen molar-refractivity contribution in [2.45, 2.75) is 44.0 Å². The van der Waals surface area contributed by atoms with Gasteiger partial charge in [-0.1, -0.05) is 17.7 Å². The molecule has 1 aliphatic rings. The number of nitrogens with one attached hydrogen (secondary N) is 1. The molecule has 1 saturated heterocycles. The van der Waals surface area contributed by atoms with E-state index in [1.165, 1.54) is 0 Å². The van der Waals surface area contributed by atoms with Crippen molar-refractivity contribution in [3.05, 3.63) is 29.3 Å². The number of benzene rings is 1. The summed E-state index contributed by atoms with van der Waals surface area (Å²) in [5, 5.41) is 3.29. The summed E-state index contributed by atoms with van der Waals surface area (Å²) in [5.41, 5.74) is 1.96. The first-order valence-electron chi connectivity index (χ1n) is 7.05. The van der Waals surface area contributed by atoms with Gasteiger partial charge >= 0.3 is 0 Å². The van der Waals surface area contributed by atoms with Gasteiger partial charge in [0.1, 0.15) is 0 Å². The van der Waals surface area contributed by atoms with Gasteiger partial charge in [0.25, 0.3) is 0 Å². The van der Waals surface area contributed by atoms with Gasteiger partial charge in [0, 0.05) is 18.6 Å². The van der Waals surface area contributed by atoms with Crippen LogP contribution >= 0.6 is 0 Å². The first-order chi connectivity index (χ1) is 9.28. The zero-order valence-corrected chi connectivity index (χ0v) is 13.5. The lowest BCUT2D eigenvalue weighted by atomic mass is 9.91. The molecule has 1 aromatic rings. The summed E-state index contributed by atoms with van der Waals surface area (Å²) in [7, 11) is -1.42. The first-order valence-corrected chi connectivity index (χ1v) is 8.49. The van der Waals surface area contributed by atoms with E-state index in [1.54, 1.807) is 10.4 Å². The van der Waals surface area contributed by atoms with Crippen LogP contribution in [0, 0.1) is 13.8 Å². The van der Waals surface area contributed by atoms with Gasteiger partial charge in [-0.05, 0) is 52.3 Å². The molecule has 1 N–H and O–H groups in total. The Morgan fingerprint density at radius 3 is 2.30 bits per heavy atom. The van der Waals surface area contributed by atoms with Gasteiger partial charge in [-0.25, -0.2) is 8.42 Å². The van der Waals surface area contributed by atoms with Crippen molar-refractivity contribution in [3.63, 3.8) is 0 Å². The molecule has 2 rings (SSSR count). The molecular formula is C15H24N2O2S. The Morgan fingerprint density at radius 2 is 1.80 bits per heavy atom. The van der Waals surface area contributed by atoms with E-state index in [9.17, 15) is 8.42 Å². The van der Waals surface area contributed by atoms with Gasteiger partial charge in [0.2, 0.25) is 10.0 Å². The lowest BCUT2D eigenvalue weighted by Gasteiger charge is -2.38. The number of hydrogen-bond donors (Lipinski definition) is 1. The molecule has 4 nitrogen and oxygen atoms in total. The standard InChI is InChI=1S/C15H24N2O2S/c1-12-5-6-14(13(2)11-12)20(18,19)17-9-7-15(3,16-4)8-10-17/h5-6,11,16H,7-10H2,1-4H3. The number of piperidine rings is 1. The molecule has 1 fully saturated rings. The van der Waals surface area contributed by atoms with E-state index in [0.29, 0.717) is 18.0 Å². The molecule has 0 bridgehead atoms. The Labute approximate surface area is 122 Å². The Morgan fingerprint density at radius 1 is 1.20 bits per heavy atom. The van der Waals surface area contributed by atoms with E-state index in [2.05, 4.69) is 12.2 Å². The fourth-order valence-corrected chi connectivity index (χ4v) is 4.35. The second-order valence-corrected chi connectivity index (χ2v) is 7.89. The van der Waals surface area contributed by atoms with Crippen LogP contribution in [0.25, 0.3) is 0 Å². The van der Waals surface area contributed by atoms with Crippen molar-refractivity contribution in [2.75, 3.05) is 20.1 Å². The number of rotatable bonds is 3. The third-order valence-corrected chi connectivity index (χ3v) is 6.44. The van der Waals surface area contributed by atoms with E-state index < -0.39 is 10.0 Å². The van der Waals surface area contributed by atoms with Crippen molar-refractivity contribution < 1.29 is 8.42 Å². The lowest BCUT2D eigenvalue weighted by Crippen LogP contribution is -2.51. The Bertz CT molecular complexity index is 588. The van der Waals surface area contributed by atoms with Crippen molar-refractivity contribution in [3.8, 4) is 0 Å². The Kier molecular flexibility index (Phi) is 4.23. The van der Waals surface area contributed by atoms with Crippen LogP contribution in [-0.4, -0.2) is 38.4 Å². The summed E-state index contributed by atoms with van der Waals surface area (Å²) < 4.78 is 27.1. The van der Waals surface area contributed by atoms with Gasteiger partial charge in [0.15, 0.2) is 0 Å². The maximum atomic E-state index is 12.7. The fraction of sp³-hybridized carbons (Fsp3) is 0.600. The summed E-state index contributed by atoms with van der Waals surface area (Å²) in [4.78, 5) is 0.441. The predicted octanol–water partition coefficient (Wildman–Crippen LogP) is 2.07. The molecule has 0 atom stereocenters. The second-order valence-electron chi connectivity index (χ2n) is 5.98.